The maximum atomic E-state index is 13.1. The molecule has 0 aliphatic carbocycles. The largest absolute Gasteiger partial charge is 0.493 e. The molecular weight excluding hydrogens is 547 g/mol. The number of carbonyl (C=O) groups excluding carboxylic acids is 1. The number of halogens is 1. The van der Waals surface area contributed by atoms with Crippen LogP contribution < -0.4 is 9.47 Å². The van der Waals surface area contributed by atoms with Crippen LogP contribution in [-0.4, -0.2) is 61.0 Å². The van der Waals surface area contributed by atoms with E-state index in [0.29, 0.717) is 38.3 Å². The SMILES string of the molecule is COCCN1C(=O)C(=Cc2cc(I)c(OCC(=O)O)c(OC)c2)SC1=Nc1ccccc1. The molecule has 3 rings (SSSR count). The van der Waals surface area contributed by atoms with Gasteiger partial charge in [0.15, 0.2) is 23.3 Å². The van der Waals surface area contributed by atoms with Crippen LogP contribution in [0.1, 0.15) is 5.56 Å². The fourth-order valence-electron chi connectivity index (χ4n) is 2.83. The number of hydrogen-bond acceptors (Lipinski definition) is 7. The Balaban J connectivity index is 1.93. The van der Waals surface area contributed by atoms with E-state index < -0.39 is 12.6 Å². The van der Waals surface area contributed by atoms with Crippen LogP contribution in [0.2, 0.25) is 0 Å². The minimum absolute atomic E-state index is 0.165. The van der Waals surface area contributed by atoms with Gasteiger partial charge in [-0.1, -0.05) is 18.2 Å². The van der Waals surface area contributed by atoms with Crippen LogP contribution in [0, 0.1) is 3.57 Å². The predicted octanol–water partition coefficient (Wildman–Crippen LogP) is 4.01. The molecule has 0 bridgehead atoms. The quantitative estimate of drug-likeness (QED) is 0.361. The number of rotatable bonds is 9. The lowest BCUT2D eigenvalue weighted by molar-refractivity contribution is -0.139. The minimum atomic E-state index is -1.08. The zero-order chi connectivity index (χ0) is 23.1. The van der Waals surface area contributed by atoms with Crippen molar-refractivity contribution in [2.45, 2.75) is 0 Å². The zero-order valence-corrected chi connectivity index (χ0v) is 20.4. The molecular formula is C22H21IN2O6S. The predicted molar refractivity (Wildman–Crippen MR) is 132 cm³/mol. The van der Waals surface area contributed by atoms with Gasteiger partial charge in [-0.15, -0.1) is 0 Å². The average molecular weight is 568 g/mol. The first-order chi connectivity index (χ1) is 15.4. The second-order valence-electron chi connectivity index (χ2n) is 6.51. The number of aliphatic imine (C=N–C) groups is 1. The Labute approximate surface area is 203 Å². The molecule has 0 atom stereocenters. The highest BCUT2D eigenvalue weighted by molar-refractivity contribution is 14.1. The summed E-state index contributed by atoms with van der Waals surface area (Å²) in [5.74, 6) is -0.517. The number of carbonyl (C=O) groups is 2. The Morgan fingerprint density at radius 2 is 2.00 bits per heavy atom. The van der Waals surface area contributed by atoms with Crippen molar-refractivity contribution < 1.29 is 28.9 Å². The molecule has 8 nitrogen and oxygen atoms in total. The van der Waals surface area contributed by atoms with Gasteiger partial charge < -0.3 is 19.3 Å². The topological polar surface area (TPSA) is 97.7 Å². The van der Waals surface area contributed by atoms with Crippen LogP contribution in [0.5, 0.6) is 11.5 Å². The number of benzene rings is 2. The van der Waals surface area contributed by atoms with E-state index in [4.69, 9.17) is 19.3 Å². The number of thioether (sulfide) groups is 1. The number of carboxylic acids is 1. The highest BCUT2D eigenvalue weighted by atomic mass is 127. The van der Waals surface area contributed by atoms with Crippen LogP contribution in [0.3, 0.4) is 0 Å². The number of carboxylic acid groups (broad SMARTS) is 1. The van der Waals surface area contributed by atoms with Crippen LogP contribution in [-0.2, 0) is 14.3 Å². The number of methoxy groups -OCH3 is 2. The molecule has 1 heterocycles. The lowest BCUT2D eigenvalue weighted by Gasteiger charge is -2.14. The Bertz CT molecular complexity index is 1060. The molecule has 1 aliphatic rings. The van der Waals surface area contributed by atoms with E-state index in [-0.39, 0.29) is 5.91 Å². The lowest BCUT2D eigenvalue weighted by Crippen LogP contribution is -2.32. The number of amides is 1. The molecule has 1 fully saturated rings. The van der Waals surface area contributed by atoms with Crippen LogP contribution >= 0.6 is 34.4 Å². The van der Waals surface area contributed by atoms with Crippen molar-refractivity contribution in [3.63, 3.8) is 0 Å². The summed E-state index contributed by atoms with van der Waals surface area (Å²) in [6, 6.07) is 12.9. The Morgan fingerprint density at radius 1 is 1.25 bits per heavy atom. The van der Waals surface area contributed by atoms with E-state index in [2.05, 4.69) is 4.99 Å². The second kappa shape index (κ2) is 11.3. The monoisotopic (exact) mass is 568 g/mol. The fraction of sp³-hybridized carbons (Fsp3) is 0.227. The van der Waals surface area contributed by atoms with Crippen LogP contribution in [0.4, 0.5) is 5.69 Å². The molecule has 0 spiro atoms. The molecule has 2 aromatic carbocycles. The van der Waals surface area contributed by atoms with Gasteiger partial charge in [-0.05, 0) is 70.3 Å². The molecule has 32 heavy (non-hydrogen) atoms. The highest BCUT2D eigenvalue weighted by Gasteiger charge is 2.33. The molecule has 1 N–H and O–H groups in total. The number of ether oxygens (including phenoxy) is 3. The first-order valence-corrected chi connectivity index (χ1v) is 11.4. The molecule has 1 aliphatic heterocycles. The smallest absolute Gasteiger partial charge is 0.341 e. The fourth-order valence-corrected chi connectivity index (χ4v) is 4.64. The van der Waals surface area contributed by atoms with E-state index in [0.717, 1.165) is 11.3 Å². The summed E-state index contributed by atoms with van der Waals surface area (Å²) in [6.45, 7) is 0.289. The third kappa shape index (κ3) is 6.02. The molecule has 0 radical (unpaired) electrons. The van der Waals surface area contributed by atoms with Gasteiger partial charge in [0.25, 0.3) is 5.91 Å². The van der Waals surface area contributed by atoms with Crippen molar-refractivity contribution in [2.24, 2.45) is 4.99 Å². The third-order valence-corrected chi connectivity index (χ3v) is 6.09. The van der Waals surface area contributed by atoms with Gasteiger partial charge in [0.05, 0.1) is 34.4 Å². The Morgan fingerprint density at radius 3 is 2.66 bits per heavy atom. The maximum Gasteiger partial charge on any atom is 0.341 e. The summed E-state index contributed by atoms with van der Waals surface area (Å²) in [6.07, 6.45) is 1.76. The molecule has 10 heteroatoms. The normalized spacial score (nSPS) is 16.1. The number of para-hydroxylation sites is 1. The number of nitrogens with zero attached hydrogens (tertiary/aromatic N) is 2. The van der Waals surface area contributed by atoms with Gasteiger partial charge in [-0.3, -0.25) is 9.69 Å². The van der Waals surface area contributed by atoms with Gasteiger partial charge in [0, 0.05) is 7.11 Å². The zero-order valence-electron chi connectivity index (χ0n) is 17.4. The van der Waals surface area contributed by atoms with E-state index in [9.17, 15) is 9.59 Å². The number of hydrogen-bond donors (Lipinski definition) is 1. The van der Waals surface area contributed by atoms with Crippen LogP contribution in [0.15, 0.2) is 52.4 Å². The summed E-state index contributed by atoms with van der Waals surface area (Å²) in [5, 5.41) is 9.45. The summed E-state index contributed by atoms with van der Waals surface area (Å²) < 4.78 is 16.5. The molecule has 1 saturated heterocycles. The Kier molecular flexibility index (Phi) is 8.53. The highest BCUT2D eigenvalue weighted by Crippen LogP contribution is 2.38. The van der Waals surface area contributed by atoms with E-state index in [1.165, 1.54) is 18.9 Å². The number of aliphatic carboxylic acids is 1. The van der Waals surface area contributed by atoms with Crippen molar-refractivity contribution in [2.75, 3.05) is 34.0 Å². The van der Waals surface area contributed by atoms with E-state index in [1.807, 2.05) is 52.9 Å². The van der Waals surface area contributed by atoms with Crippen molar-refractivity contribution in [3.05, 3.63) is 56.5 Å². The van der Waals surface area contributed by atoms with Crippen molar-refractivity contribution in [1.82, 2.24) is 4.90 Å². The lowest BCUT2D eigenvalue weighted by atomic mass is 10.2. The van der Waals surface area contributed by atoms with Gasteiger partial charge in [-0.25, -0.2) is 9.79 Å². The standard InChI is InChI=1S/C22H21IN2O6S/c1-29-9-8-25-21(28)18(32-22(25)24-15-6-4-3-5-7-15)12-14-10-16(23)20(17(11-14)30-2)31-13-19(26)27/h3-7,10-12H,8-9,13H2,1-2H3,(H,26,27). The molecule has 0 aromatic heterocycles. The first kappa shape index (κ1) is 24.1. The summed E-state index contributed by atoms with van der Waals surface area (Å²) in [4.78, 5) is 30.7. The van der Waals surface area contributed by atoms with Crippen LogP contribution in [0.25, 0.3) is 6.08 Å². The van der Waals surface area contributed by atoms with Crippen molar-refractivity contribution in [1.29, 1.82) is 0 Å². The summed E-state index contributed by atoms with van der Waals surface area (Å²) >= 11 is 3.33. The molecule has 0 saturated carbocycles. The van der Waals surface area contributed by atoms with Gasteiger partial charge in [-0.2, -0.15) is 0 Å². The number of amidine groups is 1. The summed E-state index contributed by atoms with van der Waals surface area (Å²) in [7, 11) is 3.06. The van der Waals surface area contributed by atoms with Crippen molar-refractivity contribution >= 4 is 63.2 Å². The maximum absolute atomic E-state index is 13.1. The molecule has 168 valence electrons. The van der Waals surface area contributed by atoms with E-state index >= 15 is 0 Å². The molecule has 0 unspecified atom stereocenters. The minimum Gasteiger partial charge on any atom is -0.493 e. The van der Waals surface area contributed by atoms with Crippen molar-refractivity contribution in [3.8, 4) is 11.5 Å². The van der Waals surface area contributed by atoms with Gasteiger partial charge in [0.2, 0.25) is 0 Å². The second-order valence-corrected chi connectivity index (χ2v) is 8.68. The first-order valence-electron chi connectivity index (χ1n) is 9.49. The van der Waals surface area contributed by atoms with E-state index in [1.54, 1.807) is 30.2 Å². The molecule has 1 amide bonds. The Hall–Kier alpha value is -2.57. The van der Waals surface area contributed by atoms with Gasteiger partial charge >= 0.3 is 5.97 Å². The summed E-state index contributed by atoms with van der Waals surface area (Å²) in [5.41, 5.74) is 1.47. The third-order valence-electron chi connectivity index (χ3n) is 4.28. The molecule has 2 aromatic rings. The average Bonchev–Trinajstić information content (AvgIpc) is 3.05. The van der Waals surface area contributed by atoms with Gasteiger partial charge in [0.1, 0.15) is 0 Å².